The van der Waals surface area contributed by atoms with E-state index in [1.807, 2.05) is 18.2 Å². The molecule has 0 spiro atoms. The minimum absolute atomic E-state index is 0.0273. The number of hydrogen-bond donors (Lipinski definition) is 1. The van der Waals surface area contributed by atoms with Crippen LogP contribution in [0.5, 0.6) is 11.5 Å². The molecule has 10 nitrogen and oxygen atoms in total. The molecule has 1 N–H and O–H groups in total. The maximum absolute atomic E-state index is 13.2. The fraction of sp³-hybridized carbons (Fsp3) is 0.481. The first-order valence-corrected chi connectivity index (χ1v) is 15.3. The number of para-hydroxylation sites is 1. The van der Waals surface area contributed by atoms with Crippen LogP contribution in [0.1, 0.15) is 53.5 Å². The first kappa shape index (κ1) is 32.5. The molecule has 0 aliphatic rings. The molecule has 2 aromatic rings. The van der Waals surface area contributed by atoms with E-state index in [0.29, 0.717) is 11.5 Å². The van der Waals surface area contributed by atoms with Gasteiger partial charge in [0.25, 0.3) is 10.1 Å². The Bertz CT molecular complexity index is 1220. The van der Waals surface area contributed by atoms with Gasteiger partial charge in [0, 0.05) is 0 Å². The van der Waals surface area contributed by atoms with Crippen LogP contribution in [-0.4, -0.2) is 42.8 Å². The van der Waals surface area contributed by atoms with E-state index in [2.05, 4.69) is 0 Å². The van der Waals surface area contributed by atoms with Gasteiger partial charge in [-0.25, -0.2) is 0 Å². The Morgan fingerprint density at radius 1 is 0.872 bits per heavy atom. The predicted molar refractivity (Wildman–Crippen MR) is 146 cm³/mol. The number of rotatable bonds is 12. The normalized spacial score (nSPS) is 13.9. The van der Waals surface area contributed by atoms with Gasteiger partial charge in [-0.3, -0.25) is 23.2 Å². The van der Waals surface area contributed by atoms with Gasteiger partial charge in [0.05, 0.1) is 22.2 Å². The minimum Gasteiger partial charge on any atom is -0.457 e. The Hall–Kier alpha value is -2.72. The SMILES string of the molecule is CC(C)(C)C(=O)OC(OC(=O)C(C)(C)C)O[PH](=O)[C@@H](CCc1cccc(Oc2ccccc2)c1)CS(=O)(=O)O. The summed E-state index contributed by atoms with van der Waals surface area (Å²) in [4.78, 5) is 24.9. The van der Waals surface area contributed by atoms with Gasteiger partial charge in [0.1, 0.15) is 11.5 Å². The van der Waals surface area contributed by atoms with Crippen LogP contribution in [0.2, 0.25) is 0 Å². The van der Waals surface area contributed by atoms with Gasteiger partial charge in [-0.05, 0) is 84.2 Å². The molecular weight excluding hydrogens is 547 g/mol. The lowest BCUT2D eigenvalue weighted by Crippen LogP contribution is -2.35. The zero-order valence-corrected chi connectivity index (χ0v) is 24.8. The molecule has 0 fully saturated rings. The second-order valence-corrected chi connectivity index (χ2v) is 14.3. The smallest absolute Gasteiger partial charge is 0.370 e. The molecule has 0 aromatic heterocycles. The number of hydrogen-bond acceptors (Lipinski definition) is 9. The van der Waals surface area contributed by atoms with Crippen molar-refractivity contribution in [3.8, 4) is 11.5 Å². The summed E-state index contributed by atoms with van der Waals surface area (Å²) in [6, 6.07) is 16.2. The van der Waals surface area contributed by atoms with Crippen LogP contribution in [0.4, 0.5) is 0 Å². The number of benzene rings is 2. The summed E-state index contributed by atoms with van der Waals surface area (Å²) in [5.74, 6) is -1.25. The highest BCUT2D eigenvalue weighted by Crippen LogP contribution is 2.37. The average Bonchev–Trinajstić information content (AvgIpc) is 2.80. The molecule has 2 aromatic carbocycles. The van der Waals surface area contributed by atoms with Gasteiger partial charge in [0.15, 0.2) is 0 Å². The molecule has 0 amide bonds. The predicted octanol–water partition coefficient (Wildman–Crippen LogP) is 5.62. The molecule has 216 valence electrons. The summed E-state index contributed by atoms with van der Waals surface area (Å²) >= 11 is 0. The number of ether oxygens (including phenoxy) is 3. The molecule has 0 heterocycles. The summed E-state index contributed by atoms with van der Waals surface area (Å²) in [7, 11) is -7.89. The van der Waals surface area contributed by atoms with E-state index in [-0.39, 0.29) is 12.8 Å². The molecule has 0 saturated carbocycles. The zero-order valence-electron chi connectivity index (χ0n) is 23.0. The molecule has 1 unspecified atom stereocenters. The van der Waals surface area contributed by atoms with E-state index >= 15 is 0 Å². The summed E-state index contributed by atoms with van der Waals surface area (Å²) in [5.41, 5.74) is -2.40. The summed E-state index contributed by atoms with van der Waals surface area (Å²) in [5, 5.41) is 0. The summed E-state index contributed by atoms with van der Waals surface area (Å²) in [6.45, 7) is 7.45. The standard InChI is InChI=1S/C27H37O10PS/c1-26(2,3)23(28)35-25(36-24(29)27(4,5)6)37-38(30)22(18-39(31,32)33)16-15-19-11-10-14-21(17-19)34-20-12-8-7-9-13-20/h7-14,17,22,25,38H,15-16,18H2,1-6H3,(H,31,32,33)/t22-/m0/s1. The molecule has 2 rings (SSSR count). The quantitative estimate of drug-likeness (QED) is 0.144. The van der Waals surface area contributed by atoms with E-state index in [0.717, 1.165) is 5.56 Å². The number of esters is 2. The van der Waals surface area contributed by atoms with Crippen LogP contribution in [0.15, 0.2) is 54.6 Å². The van der Waals surface area contributed by atoms with Crippen LogP contribution >= 0.6 is 8.03 Å². The third kappa shape index (κ3) is 11.9. The van der Waals surface area contributed by atoms with E-state index in [9.17, 15) is 27.1 Å². The topological polar surface area (TPSA) is 142 Å². The van der Waals surface area contributed by atoms with E-state index in [1.54, 1.807) is 77.9 Å². The maximum atomic E-state index is 13.2. The summed E-state index contributed by atoms with van der Waals surface area (Å²) < 4.78 is 67.6. The van der Waals surface area contributed by atoms with Crippen LogP contribution in [-0.2, 0) is 44.7 Å². The minimum atomic E-state index is -4.54. The van der Waals surface area contributed by atoms with Gasteiger partial charge >= 0.3 is 18.4 Å². The lowest BCUT2D eigenvalue weighted by molar-refractivity contribution is -0.243. The molecule has 0 radical (unpaired) electrons. The highest BCUT2D eigenvalue weighted by Gasteiger charge is 2.35. The molecular formula is C27H37O10PS. The first-order valence-electron chi connectivity index (χ1n) is 12.3. The third-order valence-corrected chi connectivity index (χ3v) is 7.95. The van der Waals surface area contributed by atoms with Crippen molar-refractivity contribution in [1.29, 1.82) is 0 Å². The van der Waals surface area contributed by atoms with Crippen molar-refractivity contribution in [2.24, 2.45) is 10.8 Å². The van der Waals surface area contributed by atoms with Crippen molar-refractivity contribution >= 4 is 30.1 Å². The van der Waals surface area contributed by atoms with Crippen molar-refractivity contribution < 1.29 is 45.9 Å². The Labute approximate surface area is 230 Å². The molecule has 12 heteroatoms. The maximum Gasteiger partial charge on any atom is 0.370 e. The molecule has 0 saturated heterocycles. The second kappa shape index (κ2) is 13.6. The average molecular weight is 585 g/mol. The van der Waals surface area contributed by atoms with Gasteiger partial charge < -0.3 is 14.2 Å². The fourth-order valence-electron chi connectivity index (χ4n) is 3.05. The number of aryl methyl sites for hydroxylation is 1. The lowest BCUT2D eigenvalue weighted by Gasteiger charge is -2.26. The van der Waals surface area contributed by atoms with E-state index in [4.69, 9.17) is 18.7 Å². The lowest BCUT2D eigenvalue weighted by atomic mass is 9.97. The molecule has 39 heavy (non-hydrogen) atoms. The Morgan fingerprint density at radius 3 is 1.92 bits per heavy atom. The van der Waals surface area contributed by atoms with Crippen molar-refractivity contribution in [3.63, 3.8) is 0 Å². The van der Waals surface area contributed by atoms with Crippen molar-refractivity contribution in [1.82, 2.24) is 0 Å². The van der Waals surface area contributed by atoms with Crippen molar-refractivity contribution in [2.75, 3.05) is 5.75 Å². The van der Waals surface area contributed by atoms with Crippen LogP contribution in [0.25, 0.3) is 0 Å². The molecule has 0 aliphatic heterocycles. The number of carbonyl (C=O) groups is 2. The van der Waals surface area contributed by atoms with Crippen molar-refractivity contribution in [3.05, 3.63) is 60.2 Å². The third-order valence-electron chi connectivity index (χ3n) is 5.25. The van der Waals surface area contributed by atoms with Crippen molar-refractivity contribution in [2.45, 2.75) is 66.5 Å². The summed E-state index contributed by atoms with van der Waals surface area (Å²) in [6.07, 6.45) is 0.291. The van der Waals surface area contributed by atoms with Gasteiger partial charge in [-0.15, -0.1) is 0 Å². The molecule has 0 bridgehead atoms. The first-order chi connectivity index (χ1) is 17.9. The largest absolute Gasteiger partial charge is 0.457 e. The monoisotopic (exact) mass is 584 g/mol. The highest BCUT2D eigenvalue weighted by atomic mass is 32.2. The number of carbonyl (C=O) groups excluding carboxylic acids is 2. The van der Waals surface area contributed by atoms with Crippen LogP contribution in [0.3, 0.4) is 0 Å². The zero-order chi connectivity index (χ0) is 29.4. The van der Waals surface area contributed by atoms with Gasteiger partial charge in [-0.1, -0.05) is 30.3 Å². The highest BCUT2D eigenvalue weighted by molar-refractivity contribution is 7.86. The van der Waals surface area contributed by atoms with E-state index in [1.165, 1.54) is 0 Å². The van der Waals surface area contributed by atoms with Gasteiger partial charge in [0.2, 0.25) is 8.03 Å². The van der Waals surface area contributed by atoms with Crippen LogP contribution < -0.4 is 4.74 Å². The second-order valence-electron chi connectivity index (χ2n) is 11.1. The molecule has 0 aliphatic carbocycles. The van der Waals surface area contributed by atoms with Crippen LogP contribution in [0, 0.1) is 10.8 Å². The Kier molecular flexibility index (Phi) is 11.3. The van der Waals surface area contributed by atoms with E-state index < -0.39 is 58.8 Å². The van der Waals surface area contributed by atoms with Gasteiger partial charge in [-0.2, -0.15) is 8.42 Å². The molecule has 2 atom stereocenters. The Morgan fingerprint density at radius 2 is 1.41 bits per heavy atom. The Balaban J connectivity index is 2.19. The fourth-order valence-corrected chi connectivity index (χ4v) is 5.75.